The van der Waals surface area contributed by atoms with Crippen molar-refractivity contribution in [2.45, 2.75) is 12.5 Å². The van der Waals surface area contributed by atoms with Crippen LogP contribution in [0.5, 0.6) is 0 Å². The number of hydroxylamine groups is 1. The highest BCUT2D eigenvalue weighted by Crippen LogP contribution is 2.30. The van der Waals surface area contributed by atoms with E-state index in [-0.39, 0.29) is 0 Å². The molecule has 0 spiro atoms. The van der Waals surface area contributed by atoms with Gasteiger partial charge in [-0.2, -0.15) is 5.06 Å². The zero-order valence-electron chi connectivity index (χ0n) is 7.84. The van der Waals surface area contributed by atoms with E-state index in [1.54, 1.807) is 12.1 Å². The number of nitrogens with two attached hydrogens (primary N) is 1. The third kappa shape index (κ3) is 1.46. The molecule has 0 saturated heterocycles. The maximum absolute atomic E-state index is 11.4. The third-order valence-corrected chi connectivity index (χ3v) is 2.39. The predicted octanol–water partition coefficient (Wildman–Crippen LogP) is 0.843. The van der Waals surface area contributed by atoms with E-state index in [2.05, 4.69) is 4.85 Å². The molecule has 1 aromatic carbocycles. The van der Waals surface area contributed by atoms with Gasteiger partial charge in [0.2, 0.25) is 0 Å². The summed E-state index contributed by atoms with van der Waals surface area (Å²) in [5, 5.41) is 10.0. The highest BCUT2D eigenvalue weighted by Gasteiger charge is 2.29. The smallest absolute Gasteiger partial charge is 0.267 e. The Morgan fingerprint density at radius 1 is 1.60 bits per heavy atom. The molecule has 0 unspecified atom stereocenters. The molecular weight excluding hydrogens is 194 g/mol. The van der Waals surface area contributed by atoms with Crippen molar-refractivity contribution in [3.05, 3.63) is 35.2 Å². The van der Waals surface area contributed by atoms with Crippen LogP contribution >= 0.6 is 0 Å². The topological polar surface area (TPSA) is 70.9 Å². The maximum Gasteiger partial charge on any atom is 0.267 e. The van der Waals surface area contributed by atoms with Crippen LogP contribution in [0, 0.1) is 6.57 Å². The van der Waals surface area contributed by atoms with Crippen molar-refractivity contribution in [3.63, 3.8) is 0 Å². The van der Waals surface area contributed by atoms with Crippen molar-refractivity contribution >= 4 is 17.3 Å². The average Bonchev–Trinajstić information content (AvgIpc) is 2.26. The largest absolute Gasteiger partial charge is 0.320 e. The maximum atomic E-state index is 11.4. The fourth-order valence-corrected chi connectivity index (χ4v) is 1.59. The first-order chi connectivity index (χ1) is 7.13. The van der Waals surface area contributed by atoms with Crippen LogP contribution in [0.4, 0.5) is 11.4 Å². The van der Waals surface area contributed by atoms with Crippen LogP contribution in [-0.4, -0.2) is 17.2 Å². The van der Waals surface area contributed by atoms with E-state index >= 15 is 0 Å². The molecule has 1 atom stereocenters. The summed E-state index contributed by atoms with van der Waals surface area (Å²) < 4.78 is 0. The second-order valence-electron chi connectivity index (χ2n) is 3.39. The standard InChI is InChI=1S/C10H9N3O2/c1-12-7-3-2-6-4-8(11)10(14)13(15)9(6)5-7/h2-3,5,8,15H,4,11H2/t8-/m0/s1. The molecule has 1 aliphatic rings. The van der Waals surface area contributed by atoms with Crippen molar-refractivity contribution in [2.75, 3.05) is 5.06 Å². The molecule has 0 fully saturated rings. The molecule has 0 aliphatic carbocycles. The van der Waals surface area contributed by atoms with Gasteiger partial charge in [0.25, 0.3) is 5.91 Å². The molecular formula is C10H9N3O2. The Balaban J connectivity index is 2.52. The van der Waals surface area contributed by atoms with Gasteiger partial charge in [0.15, 0.2) is 5.69 Å². The fourth-order valence-electron chi connectivity index (χ4n) is 1.59. The molecule has 0 aromatic heterocycles. The lowest BCUT2D eigenvalue weighted by atomic mass is 9.99. The van der Waals surface area contributed by atoms with Crippen LogP contribution in [0.25, 0.3) is 4.85 Å². The lowest BCUT2D eigenvalue weighted by molar-refractivity contribution is -0.125. The van der Waals surface area contributed by atoms with Crippen LogP contribution in [0.2, 0.25) is 0 Å². The molecule has 0 saturated carbocycles. The molecule has 1 heterocycles. The van der Waals surface area contributed by atoms with Crippen LogP contribution in [-0.2, 0) is 11.2 Å². The Kier molecular flexibility index (Phi) is 2.15. The quantitative estimate of drug-likeness (QED) is 0.485. The van der Waals surface area contributed by atoms with E-state index in [1.165, 1.54) is 6.07 Å². The highest BCUT2D eigenvalue weighted by atomic mass is 16.5. The number of hydrogen-bond acceptors (Lipinski definition) is 3. The van der Waals surface area contributed by atoms with Gasteiger partial charge in [0.1, 0.15) is 0 Å². The van der Waals surface area contributed by atoms with Gasteiger partial charge in [-0.05, 0) is 18.1 Å². The summed E-state index contributed by atoms with van der Waals surface area (Å²) in [6.07, 6.45) is 0.392. The molecule has 1 aliphatic heterocycles. The number of rotatable bonds is 0. The number of anilines is 1. The summed E-state index contributed by atoms with van der Waals surface area (Å²) in [6.45, 7) is 6.83. The van der Waals surface area contributed by atoms with E-state index in [9.17, 15) is 10.0 Å². The van der Waals surface area contributed by atoms with Crippen LogP contribution in [0.15, 0.2) is 18.2 Å². The van der Waals surface area contributed by atoms with Gasteiger partial charge < -0.3 is 5.73 Å². The minimum atomic E-state index is -0.707. The summed E-state index contributed by atoms with van der Waals surface area (Å²) in [7, 11) is 0. The number of carbonyl (C=O) groups is 1. The van der Waals surface area contributed by atoms with Gasteiger partial charge in [-0.3, -0.25) is 10.0 Å². The molecule has 0 bridgehead atoms. The van der Waals surface area contributed by atoms with Crippen molar-refractivity contribution in [3.8, 4) is 0 Å². The Labute approximate surface area is 86.5 Å². The van der Waals surface area contributed by atoms with Crippen molar-refractivity contribution < 1.29 is 10.0 Å². The number of nitrogens with zero attached hydrogens (tertiary/aromatic N) is 2. The number of benzene rings is 1. The van der Waals surface area contributed by atoms with Crippen molar-refractivity contribution in [1.29, 1.82) is 0 Å². The van der Waals surface area contributed by atoms with Gasteiger partial charge >= 0.3 is 0 Å². The van der Waals surface area contributed by atoms with E-state index in [0.29, 0.717) is 22.9 Å². The normalized spacial score (nSPS) is 19.7. The summed E-state index contributed by atoms with van der Waals surface area (Å²) in [5.41, 5.74) is 7.06. The zero-order chi connectivity index (χ0) is 11.0. The molecule has 1 amide bonds. The zero-order valence-corrected chi connectivity index (χ0v) is 7.84. The predicted molar refractivity (Wildman–Crippen MR) is 53.7 cm³/mol. The van der Waals surface area contributed by atoms with Crippen molar-refractivity contribution in [2.24, 2.45) is 5.73 Å². The number of amides is 1. The Morgan fingerprint density at radius 2 is 2.33 bits per heavy atom. The number of carbonyl (C=O) groups excluding carboxylic acids is 1. The Bertz CT molecular complexity index is 464. The van der Waals surface area contributed by atoms with E-state index in [4.69, 9.17) is 12.3 Å². The van der Waals surface area contributed by atoms with Crippen LogP contribution in [0.3, 0.4) is 0 Å². The summed E-state index contributed by atoms with van der Waals surface area (Å²) in [4.78, 5) is 14.6. The van der Waals surface area contributed by atoms with Crippen LogP contribution < -0.4 is 10.8 Å². The second kappa shape index (κ2) is 3.35. The van der Waals surface area contributed by atoms with Gasteiger partial charge in [-0.15, -0.1) is 0 Å². The third-order valence-electron chi connectivity index (χ3n) is 2.39. The van der Waals surface area contributed by atoms with Gasteiger partial charge in [0.05, 0.1) is 18.3 Å². The molecule has 1 aromatic rings. The SMILES string of the molecule is [C-]#[N+]c1ccc2c(c1)N(O)C(=O)[C@@H](N)C2. The summed E-state index contributed by atoms with van der Waals surface area (Å²) in [6, 6.07) is 4.12. The molecule has 0 radical (unpaired) electrons. The van der Waals surface area contributed by atoms with Crippen LogP contribution in [0.1, 0.15) is 5.56 Å². The summed E-state index contributed by atoms with van der Waals surface area (Å²) >= 11 is 0. The first-order valence-corrected chi connectivity index (χ1v) is 4.42. The minimum absolute atomic E-state index is 0.357. The molecule has 2 rings (SSSR count). The first-order valence-electron chi connectivity index (χ1n) is 4.42. The molecule has 5 nitrogen and oxygen atoms in total. The lowest BCUT2D eigenvalue weighted by Gasteiger charge is -2.27. The van der Waals surface area contributed by atoms with E-state index in [0.717, 1.165) is 5.56 Å². The first kappa shape index (κ1) is 9.65. The van der Waals surface area contributed by atoms with Gasteiger partial charge in [-0.25, -0.2) is 4.85 Å². The molecule has 3 N–H and O–H groups in total. The molecule has 5 heteroatoms. The minimum Gasteiger partial charge on any atom is -0.320 e. The van der Waals surface area contributed by atoms with E-state index in [1.807, 2.05) is 0 Å². The van der Waals surface area contributed by atoms with Gasteiger partial charge in [0, 0.05) is 0 Å². The Morgan fingerprint density at radius 3 is 3.00 bits per heavy atom. The number of fused-ring (bicyclic) bond motifs is 1. The van der Waals surface area contributed by atoms with E-state index < -0.39 is 11.9 Å². The van der Waals surface area contributed by atoms with Gasteiger partial charge in [-0.1, -0.05) is 12.1 Å². The molecule has 76 valence electrons. The molecule has 15 heavy (non-hydrogen) atoms. The fraction of sp³-hybridized carbons (Fsp3) is 0.200. The highest BCUT2D eigenvalue weighted by molar-refractivity contribution is 5.98. The lowest BCUT2D eigenvalue weighted by Crippen LogP contribution is -2.47. The number of hydrogen-bond donors (Lipinski definition) is 2. The summed E-state index contributed by atoms with van der Waals surface area (Å²) in [5.74, 6) is -0.537. The average molecular weight is 203 g/mol. The van der Waals surface area contributed by atoms with Crippen molar-refractivity contribution in [1.82, 2.24) is 0 Å². The monoisotopic (exact) mass is 203 g/mol. The Hall–Kier alpha value is -1.90. The second-order valence-corrected chi connectivity index (χ2v) is 3.39.